The highest BCUT2D eigenvalue weighted by atomic mass is 16.7. The minimum atomic E-state index is -1.92. The molecule has 2 aromatic carbocycles. The van der Waals surface area contributed by atoms with Crippen LogP contribution < -0.4 is 14.2 Å². The van der Waals surface area contributed by atoms with Crippen molar-refractivity contribution in [2.24, 2.45) is 0 Å². The lowest BCUT2D eigenvalue weighted by Crippen LogP contribution is -2.60. The van der Waals surface area contributed by atoms with E-state index in [-0.39, 0.29) is 45.6 Å². The van der Waals surface area contributed by atoms with Gasteiger partial charge in [-0.3, -0.25) is 9.59 Å². The van der Waals surface area contributed by atoms with Crippen LogP contribution in [0, 0.1) is 0 Å². The second-order valence-corrected chi connectivity index (χ2v) is 11.9. The molecule has 0 amide bonds. The number of methoxy groups -OCH3 is 2. The predicted octanol–water partition coefficient (Wildman–Crippen LogP) is -2.53. The van der Waals surface area contributed by atoms with Gasteiger partial charge in [-0.05, 0) is 12.1 Å². The van der Waals surface area contributed by atoms with Crippen molar-refractivity contribution >= 4 is 18.0 Å². The molecular formula is C32H39O20+. The van der Waals surface area contributed by atoms with Crippen LogP contribution in [0.4, 0.5) is 0 Å². The molecule has 5 rings (SSSR count). The number of carbonyl (C=O) groups excluding carboxylic acids is 1. The third kappa shape index (κ3) is 7.89. The first-order chi connectivity index (χ1) is 24.7. The summed E-state index contributed by atoms with van der Waals surface area (Å²) in [6.07, 6.45) is -18.2. The van der Waals surface area contributed by atoms with E-state index in [4.69, 9.17) is 38.3 Å². The number of rotatable bonds is 12. The normalized spacial score (nSPS) is 31.3. The lowest BCUT2D eigenvalue weighted by Gasteiger charge is -2.41. The molecule has 2 aromatic rings. The van der Waals surface area contributed by atoms with E-state index in [0.717, 1.165) is 6.07 Å². The Morgan fingerprint density at radius 2 is 1.35 bits per heavy atom. The second kappa shape index (κ2) is 15.9. The van der Waals surface area contributed by atoms with Crippen LogP contribution in [-0.2, 0) is 28.5 Å². The van der Waals surface area contributed by atoms with E-state index in [1.54, 1.807) is 0 Å². The summed E-state index contributed by atoms with van der Waals surface area (Å²) < 4.78 is 43.1. The highest BCUT2D eigenvalue weighted by molar-refractivity contribution is 5.90. The molecule has 20 nitrogen and oxygen atoms in total. The van der Waals surface area contributed by atoms with E-state index in [2.05, 4.69) is 4.74 Å². The zero-order valence-electron chi connectivity index (χ0n) is 27.5. The van der Waals surface area contributed by atoms with E-state index < -0.39 is 105 Å². The molecule has 2 fully saturated rings. The van der Waals surface area contributed by atoms with E-state index in [9.17, 15) is 55.5 Å². The third-order valence-corrected chi connectivity index (χ3v) is 8.46. The van der Waals surface area contributed by atoms with E-state index >= 15 is 0 Å². The lowest BCUT2D eigenvalue weighted by atomic mass is 9.98. The Balaban J connectivity index is 1.53. The average Bonchev–Trinajstić information content (AvgIpc) is 3.11. The van der Waals surface area contributed by atoms with Crippen molar-refractivity contribution in [2.45, 2.75) is 73.9 Å². The average molecular weight is 744 g/mol. The number of aliphatic carboxylic acids is 1. The summed E-state index contributed by atoms with van der Waals surface area (Å²) in [6.45, 7) is -1.49. The molecule has 286 valence electrons. The fourth-order valence-corrected chi connectivity index (χ4v) is 5.71. The molecular weight excluding hydrogens is 704 g/mol. The van der Waals surface area contributed by atoms with Crippen molar-refractivity contribution in [1.82, 2.24) is 0 Å². The SMILES string of the molecule is COc1cc(C2[OH+]c3cc(O)cc(O[C@@H]4O[C@H](COC(=O)CC(=O)O)[C@H](O)[C@H](O)[C@H]4O)c3C=C2O[C@@H]2O[C@@H](CO)[C@H](O)[C@H](O)[C@H]2O)cc(OC)c1O. The van der Waals surface area contributed by atoms with E-state index in [0.29, 0.717) is 0 Å². The standard InChI is InChI=1S/C32H38O20/c1-45-16-3-11(4-17(46-2)23(16)38)30-18(50-32-28(43)26(41)24(39)19(9-33)51-32)7-13-14(48-30)5-12(34)6-15(13)49-31-29(44)27(42)25(40)20(52-31)10-47-22(37)8-21(35)36/h3-7,19-20,24-34,38-44H,8-10H2,1-2H3,(H,35,36)/p+1/t19-,20+,24-,25-,26-,27-,28+,29+,30?,31+,32+/m0/s1. The molecule has 0 aliphatic carbocycles. The molecule has 0 saturated carbocycles. The van der Waals surface area contributed by atoms with Crippen LogP contribution in [0.5, 0.6) is 34.5 Å². The number of hydrogen-bond donors (Lipinski definition) is 10. The van der Waals surface area contributed by atoms with Crippen LogP contribution in [0.3, 0.4) is 0 Å². The molecule has 11 atom stereocenters. The van der Waals surface area contributed by atoms with Crippen LogP contribution in [0.15, 0.2) is 30.0 Å². The number of fused-ring (bicyclic) bond motifs is 1. The number of aromatic hydroxyl groups is 3. The van der Waals surface area contributed by atoms with Crippen molar-refractivity contribution in [3.63, 3.8) is 0 Å². The Hall–Kier alpha value is -4.64. The molecule has 0 spiro atoms. The van der Waals surface area contributed by atoms with Crippen molar-refractivity contribution in [3.05, 3.63) is 41.2 Å². The number of carboxylic acids is 1. The minimum Gasteiger partial charge on any atom is -0.571 e. The van der Waals surface area contributed by atoms with Gasteiger partial charge in [0.2, 0.25) is 18.3 Å². The molecule has 0 aromatic heterocycles. The van der Waals surface area contributed by atoms with Crippen molar-refractivity contribution < 1.29 is 98.5 Å². The largest absolute Gasteiger partial charge is 0.571 e. The zero-order valence-corrected chi connectivity index (χ0v) is 27.5. The molecule has 3 aliphatic rings. The summed E-state index contributed by atoms with van der Waals surface area (Å²) >= 11 is 0. The number of phenols is 2. The van der Waals surface area contributed by atoms with Crippen LogP contribution in [-0.4, -0.2) is 157 Å². The highest BCUT2D eigenvalue weighted by Gasteiger charge is 2.48. The lowest BCUT2D eigenvalue weighted by molar-refractivity contribution is -0.295. The summed E-state index contributed by atoms with van der Waals surface area (Å²) in [5.41, 5.74) is 0.314. The molecule has 11 N–H and O–H groups in total. The Bertz CT molecular complexity index is 1620. The predicted molar refractivity (Wildman–Crippen MR) is 167 cm³/mol. The molecule has 1 unspecified atom stereocenters. The Morgan fingerprint density at radius 1 is 0.769 bits per heavy atom. The molecule has 52 heavy (non-hydrogen) atoms. The van der Waals surface area contributed by atoms with Gasteiger partial charge in [-0.15, -0.1) is 0 Å². The number of carboxylic acid groups (broad SMARTS) is 1. The van der Waals surface area contributed by atoms with Crippen LogP contribution >= 0.6 is 0 Å². The Kier molecular flexibility index (Phi) is 11.8. The summed E-state index contributed by atoms with van der Waals surface area (Å²) in [7, 11) is 2.58. The second-order valence-electron chi connectivity index (χ2n) is 11.9. The Labute approximate surface area is 293 Å². The van der Waals surface area contributed by atoms with E-state index in [1.165, 1.54) is 38.5 Å². The van der Waals surface area contributed by atoms with Crippen molar-refractivity contribution in [1.29, 1.82) is 0 Å². The quantitative estimate of drug-likeness (QED) is 0.0609. The van der Waals surface area contributed by atoms with Gasteiger partial charge in [0, 0.05) is 12.1 Å². The van der Waals surface area contributed by atoms with Gasteiger partial charge in [0.15, 0.2) is 17.3 Å². The first kappa shape index (κ1) is 38.6. The maximum absolute atomic E-state index is 11.8. The third-order valence-electron chi connectivity index (χ3n) is 8.46. The van der Waals surface area contributed by atoms with Gasteiger partial charge in [-0.2, -0.15) is 0 Å². The van der Waals surface area contributed by atoms with E-state index in [1.807, 2.05) is 0 Å². The monoisotopic (exact) mass is 743 g/mol. The number of benzene rings is 2. The van der Waals surface area contributed by atoms with Gasteiger partial charge in [0.05, 0.1) is 32.5 Å². The topological polar surface area (TPSA) is 314 Å². The van der Waals surface area contributed by atoms with Gasteiger partial charge in [0.25, 0.3) is 11.9 Å². The van der Waals surface area contributed by atoms with Gasteiger partial charge in [0.1, 0.15) is 78.9 Å². The molecule has 20 heteroatoms. The van der Waals surface area contributed by atoms with Crippen molar-refractivity contribution in [2.75, 3.05) is 27.4 Å². The zero-order chi connectivity index (χ0) is 38.0. The number of aliphatic hydroxyl groups is 8. The summed E-state index contributed by atoms with van der Waals surface area (Å²) in [4.78, 5) is 22.6. The maximum atomic E-state index is 11.8. The maximum Gasteiger partial charge on any atom is 0.317 e. The first-order valence-corrected chi connectivity index (χ1v) is 15.6. The summed E-state index contributed by atoms with van der Waals surface area (Å²) in [5.74, 6) is -3.80. The van der Waals surface area contributed by atoms with Crippen molar-refractivity contribution in [3.8, 4) is 34.5 Å². The molecule has 3 aliphatic heterocycles. The smallest absolute Gasteiger partial charge is 0.317 e. The summed E-state index contributed by atoms with van der Waals surface area (Å²) in [6, 6.07) is 5.10. The van der Waals surface area contributed by atoms with Crippen LogP contribution in [0.2, 0.25) is 0 Å². The number of hydrogen-bond acceptors (Lipinski definition) is 18. The fourth-order valence-electron chi connectivity index (χ4n) is 5.71. The van der Waals surface area contributed by atoms with Crippen LogP contribution in [0.25, 0.3) is 6.08 Å². The summed E-state index contributed by atoms with van der Waals surface area (Å²) in [5, 5.41) is 103. The highest BCUT2D eigenvalue weighted by Crippen LogP contribution is 2.48. The number of ether oxygens (including phenoxy) is 8. The molecule has 0 bridgehead atoms. The van der Waals surface area contributed by atoms with Crippen LogP contribution in [0.1, 0.15) is 23.7 Å². The van der Waals surface area contributed by atoms with Gasteiger partial charge >= 0.3 is 11.9 Å². The first-order valence-electron chi connectivity index (χ1n) is 15.6. The minimum absolute atomic E-state index is 0.0326. The number of carbonyl (C=O) groups is 2. The number of esters is 1. The molecule has 2 saturated heterocycles. The van der Waals surface area contributed by atoms with Gasteiger partial charge in [-0.25, -0.2) is 0 Å². The molecule has 0 radical (unpaired) electrons. The number of phenolic OH excluding ortho intramolecular Hbond substituents is 2. The number of aliphatic hydroxyl groups excluding tert-OH is 7. The fraction of sp³-hybridized carbons (Fsp3) is 0.500. The van der Waals surface area contributed by atoms with Gasteiger partial charge < -0.3 is 89.0 Å². The Morgan fingerprint density at radius 3 is 1.92 bits per heavy atom. The van der Waals surface area contributed by atoms with Gasteiger partial charge in [-0.1, -0.05) is 0 Å². The molecule has 3 heterocycles.